The van der Waals surface area contributed by atoms with Crippen molar-refractivity contribution in [1.82, 2.24) is 4.98 Å². The maximum Gasteiger partial charge on any atom is 0.0606 e. The molecule has 0 fully saturated rings. The van der Waals surface area contributed by atoms with Crippen LogP contribution in [0.3, 0.4) is 0 Å². The lowest BCUT2D eigenvalue weighted by atomic mass is 10.0. The summed E-state index contributed by atoms with van der Waals surface area (Å²) in [4.78, 5) is 4.46. The van der Waals surface area contributed by atoms with Crippen molar-refractivity contribution >= 4 is 5.69 Å². The van der Waals surface area contributed by atoms with E-state index in [2.05, 4.69) is 48.4 Å². The third-order valence-electron chi connectivity index (χ3n) is 3.41. The first-order valence-electron chi connectivity index (χ1n) is 6.31. The highest BCUT2D eigenvalue weighted by molar-refractivity contribution is 5.48. The van der Waals surface area contributed by atoms with Crippen molar-refractivity contribution < 1.29 is 0 Å². The van der Waals surface area contributed by atoms with Gasteiger partial charge in [-0.25, -0.2) is 0 Å². The van der Waals surface area contributed by atoms with Crippen LogP contribution in [0.4, 0.5) is 5.69 Å². The normalized spacial score (nSPS) is 10.4. The van der Waals surface area contributed by atoms with Crippen molar-refractivity contribution in [1.29, 1.82) is 0 Å². The summed E-state index contributed by atoms with van der Waals surface area (Å²) in [6, 6.07) is 10.6. The molecular formula is C16H20N2. The van der Waals surface area contributed by atoms with Crippen LogP contribution in [-0.2, 0) is 6.54 Å². The Labute approximate surface area is 109 Å². The number of nitrogens with one attached hydrogen (secondary N) is 1. The van der Waals surface area contributed by atoms with Gasteiger partial charge in [0, 0.05) is 12.2 Å². The van der Waals surface area contributed by atoms with E-state index >= 15 is 0 Å². The van der Waals surface area contributed by atoms with E-state index in [1.54, 1.807) is 0 Å². The molecule has 0 aliphatic carbocycles. The lowest BCUT2D eigenvalue weighted by molar-refractivity contribution is 1.06. The highest BCUT2D eigenvalue weighted by atomic mass is 14.9. The minimum atomic E-state index is 0.846. The number of aryl methyl sites for hydroxylation is 3. The van der Waals surface area contributed by atoms with Crippen LogP contribution in [-0.4, -0.2) is 4.98 Å². The molecule has 0 bridgehead atoms. The number of pyridine rings is 1. The molecule has 0 amide bonds. The summed E-state index contributed by atoms with van der Waals surface area (Å²) in [5.41, 5.74) is 7.28. The van der Waals surface area contributed by atoms with Gasteiger partial charge in [-0.1, -0.05) is 18.2 Å². The molecule has 1 aromatic carbocycles. The summed E-state index contributed by atoms with van der Waals surface area (Å²) in [7, 11) is 0. The van der Waals surface area contributed by atoms with Crippen LogP contribution in [0.1, 0.15) is 28.1 Å². The monoisotopic (exact) mass is 240 g/mol. The molecule has 0 aliphatic heterocycles. The van der Waals surface area contributed by atoms with Crippen LogP contribution in [0.5, 0.6) is 0 Å². The van der Waals surface area contributed by atoms with Gasteiger partial charge in [-0.15, -0.1) is 0 Å². The standard InChI is InChI=1S/C16H20N2/c1-11-6-5-7-15(13(11)3)10-17-16-9-8-12(2)18-14(16)4/h5-9,17H,10H2,1-4H3. The second-order valence-corrected chi connectivity index (χ2v) is 4.80. The van der Waals surface area contributed by atoms with Crippen LogP contribution in [0.2, 0.25) is 0 Å². The van der Waals surface area contributed by atoms with E-state index in [1.807, 2.05) is 19.9 Å². The molecule has 94 valence electrons. The number of nitrogens with zero attached hydrogens (tertiary/aromatic N) is 1. The zero-order valence-electron chi connectivity index (χ0n) is 11.5. The first kappa shape index (κ1) is 12.6. The maximum atomic E-state index is 4.46. The predicted octanol–water partition coefficient (Wildman–Crippen LogP) is 3.93. The first-order chi connectivity index (χ1) is 8.58. The third kappa shape index (κ3) is 2.70. The first-order valence-corrected chi connectivity index (χ1v) is 6.31. The van der Waals surface area contributed by atoms with Gasteiger partial charge in [-0.05, 0) is 56.5 Å². The Morgan fingerprint density at radius 2 is 1.78 bits per heavy atom. The molecule has 2 heteroatoms. The fourth-order valence-corrected chi connectivity index (χ4v) is 2.07. The second-order valence-electron chi connectivity index (χ2n) is 4.80. The number of rotatable bonds is 3. The van der Waals surface area contributed by atoms with E-state index in [1.165, 1.54) is 16.7 Å². The molecule has 0 spiro atoms. The van der Waals surface area contributed by atoms with Crippen LogP contribution in [0.15, 0.2) is 30.3 Å². The topological polar surface area (TPSA) is 24.9 Å². The summed E-state index contributed by atoms with van der Waals surface area (Å²) in [5, 5.41) is 3.46. The van der Waals surface area contributed by atoms with Gasteiger partial charge < -0.3 is 5.32 Å². The number of anilines is 1. The molecule has 0 radical (unpaired) electrons. The fourth-order valence-electron chi connectivity index (χ4n) is 2.07. The molecule has 1 N–H and O–H groups in total. The van der Waals surface area contributed by atoms with Crippen molar-refractivity contribution in [2.45, 2.75) is 34.2 Å². The predicted molar refractivity (Wildman–Crippen MR) is 77.0 cm³/mol. The molecule has 2 nitrogen and oxygen atoms in total. The van der Waals surface area contributed by atoms with Crippen molar-refractivity contribution in [3.05, 3.63) is 58.4 Å². The van der Waals surface area contributed by atoms with Crippen molar-refractivity contribution in [3.63, 3.8) is 0 Å². The second kappa shape index (κ2) is 5.21. The van der Waals surface area contributed by atoms with Crippen LogP contribution >= 0.6 is 0 Å². The van der Waals surface area contributed by atoms with Gasteiger partial charge >= 0.3 is 0 Å². The van der Waals surface area contributed by atoms with E-state index in [4.69, 9.17) is 0 Å². The van der Waals surface area contributed by atoms with E-state index in [0.717, 1.165) is 23.6 Å². The van der Waals surface area contributed by atoms with Gasteiger partial charge in [0.15, 0.2) is 0 Å². The average molecular weight is 240 g/mol. The summed E-state index contributed by atoms with van der Waals surface area (Å²) >= 11 is 0. The molecule has 18 heavy (non-hydrogen) atoms. The van der Waals surface area contributed by atoms with Crippen LogP contribution in [0.25, 0.3) is 0 Å². The van der Waals surface area contributed by atoms with Crippen molar-refractivity contribution in [3.8, 4) is 0 Å². The molecule has 1 heterocycles. The summed E-state index contributed by atoms with van der Waals surface area (Å²) in [6.07, 6.45) is 0. The number of aromatic nitrogens is 1. The summed E-state index contributed by atoms with van der Waals surface area (Å²) in [5.74, 6) is 0. The molecule has 0 atom stereocenters. The third-order valence-corrected chi connectivity index (χ3v) is 3.41. The summed E-state index contributed by atoms with van der Waals surface area (Å²) in [6.45, 7) is 9.23. The van der Waals surface area contributed by atoms with Gasteiger partial charge in [-0.3, -0.25) is 4.98 Å². The van der Waals surface area contributed by atoms with E-state index in [0.29, 0.717) is 0 Å². The molecule has 0 unspecified atom stereocenters. The Morgan fingerprint density at radius 3 is 2.50 bits per heavy atom. The van der Waals surface area contributed by atoms with Crippen LogP contribution < -0.4 is 5.32 Å². The Morgan fingerprint density at radius 1 is 1.00 bits per heavy atom. The molecule has 0 aliphatic rings. The van der Waals surface area contributed by atoms with Crippen molar-refractivity contribution in [2.24, 2.45) is 0 Å². The zero-order valence-corrected chi connectivity index (χ0v) is 11.5. The lowest BCUT2D eigenvalue weighted by Gasteiger charge is -2.12. The molecule has 0 saturated carbocycles. The molecule has 2 aromatic rings. The Balaban J connectivity index is 2.14. The highest BCUT2D eigenvalue weighted by Crippen LogP contribution is 2.17. The van der Waals surface area contributed by atoms with Crippen LogP contribution in [0, 0.1) is 27.7 Å². The maximum absolute atomic E-state index is 4.46. The van der Waals surface area contributed by atoms with Gasteiger partial charge in [0.2, 0.25) is 0 Å². The number of hydrogen-bond donors (Lipinski definition) is 1. The molecule has 1 aromatic heterocycles. The average Bonchev–Trinajstić information content (AvgIpc) is 2.33. The minimum absolute atomic E-state index is 0.846. The van der Waals surface area contributed by atoms with Gasteiger partial charge in [0.25, 0.3) is 0 Å². The number of hydrogen-bond acceptors (Lipinski definition) is 2. The molecule has 2 rings (SSSR count). The quantitative estimate of drug-likeness (QED) is 0.879. The summed E-state index contributed by atoms with van der Waals surface area (Å²) < 4.78 is 0. The minimum Gasteiger partial charge on any atom is -0.379 e. The number of benzene rings is 1. The Bertz CT molecular complexity index is 559. The van der Waals surface area contributed by atoms with E-state index < -0.39 is 0 Å². The van der Waals surface area contributed by atoms with Crippen molar-refractivity contribution in [2.75, 3.05) is 5.32 Å². The Hall–Kier alpha value is -1.83. The highest BCUT2D eigenvalue weighted by Gasteiger charge is 2.03. The molecule has 0 saturated heterocycles. The molecular weight excluding hydrogens is 220 g/mol. The van der Waals surface area contributed by atoms with Gasteiger partial charge in [0.05, 0.1) is 11.4 Å². The zero-order chi connectivity index (χ0) is 13.1. The van der Waals surface area contributed by atoms with E-state index in [-0.39, 0.29) is 0 Å². The largest absolute Gasteiger partial charge is 0.379 e. The van der Waals surface area contributed by atoms with Gasteiger partial charge in [-0.2, -0.15) is 0 Å². The smallest absolute Gasteiger partial charge is 0.0606 e. The van der Waals surface area contributed by atoms with Gasteiger partial charge in [0.1, 0.15) is 0 Å². The lowest BCUT2D eigenvalue weighted by Crippen LogP contribution is -2.04. The Kier molecular flexibility index (Phi) is 3.66. The SMILES string of the molecule is Cc1ccc(NCc2cccc(C)c2C)c(C)n1. The fraction of sp³-hybridized carbons (Fsp3) is 0.312. The van der Waals surface area contributed by atoms with E-state index in [9.17, 15) is 0 Å².